The van der Waals surface area contributed by atoms with E-state index >= 15 is 0 Å². The van der Waals surface area contributed by atoms with Gasteiger partial charge in [0, 0.05) is 10.9 Å². The van der Waals surface area contributed by atoms with Crippen LogP contribution in [0.3, 0.4) is 0 Å². The summed E-state index contributed by atoms with van der Waals surface area (Å²) in [5, 5.41) is 11.5. The Morgan fingerprint density at radius 2 is 1.71 bits per heavy atom. The first-order valence-electron chi connectivity index (χ1n) is 6.30. The normalized spacial score (nSPS) is 13.0. The fraction of sp³-hybridized carbons (Fsp3) is 0.125. The third-order valence-electron chi connectivity index (χ3n) is 3.26. The molecule has 5 heteroatoms. The van der Waals surface area contributed by atoms with E-state index in [1.165, 1.54) is 18.2 Å². The van der Waals surface area contributed by atoms with E-state index in [0.717, 1.165) is 5.39 Å². The van der Waals surface area contributed by atoms with Crippen molar-refractivity contribution in [1.29, 1.82) is 0 Å². The molecular weight excluding hydrogens is 298 g/mol. The number of benzene rings is 2. The predicted octanol–water partition coefficient (Wildman–Crippen LogP) is 5.11. The van der Waals surface area contributed by atoms with Gasteiger partial charge < -0.3 is 9.52 Å². The van der Waals surface area contributed by atoms with Gasteiger partial charge in [-0.25, -0.2) is 8.78 Å². The molecule has 0 amide bonds. The molecule has 0 aliphatic carbocycles. The van der Waals surface area contributed by atoms with Crippen molar-refractivity contribution in [2.75, 3.05) is 0 Å². The van der Waals surface area contributed by atoms with Crippen LogP contribution in [0, 0.1) is 0 Å². The first kappa shape index (κ1) is 14.0. The zero-order chi connectivity index (χ0) is 15.0. The summed E-state index contributed by atoms with van der Waals surface area (Å²) in [6.07, 6.45) is -3.70. The summed E-state index contributed by atoms with van der Waals surface area (Å²) < 4.78 is 31.0. The van der Waals surface area contributed by atoms with E-state index in [1.807, 2.05) is 0 Å². The zero-order valence-corrected chi connectivity index (χ0v) is 11.5. The molecule has 0 aliphatic rings. The number of halogens is 3. The Balaban J connectivity index is 2.02. The molecule has 108 valence electrons. The number of alkyl halides is 2. The Labute approximate surface area is 124 Å². The molecule has 0 bridgehead atoms. The molecule has 2 aromatic carbocycles. The Hall–Kier alpha value is -1.91. The monoisotopic (exact) mass is 308 g/mol. The van der Waals surface area contributed by atoms with Gasteiger partial charge in [-0.1, -0.05) is 41.9 Å². The largest absolute Gasteiger partial charge is 0.456 e. The average Bonchev–Trinajstić information content (AvgIpc) is 2.92. The highest BCUT2D eigenvalue weighted by Crippen LogP contribution is 2.32. The molecule has 1 aromatic heterocycles. The molecule has 2 nitrogen and oxygen atoms in total. The Kier molecular flexibility index (Phi) is 3.66. The lowest BCUT2D eigenvalue weighted by Crippen LogP contribution is -1.99. The number of para-hydroxylation sites is 1. The van der Waals surface area contributed by atoms with Crippen LogP contribution in [0.5, 0.6) is 0 Å². The lowest BCUT2D eigenvalue weighted by molar-refractivity contribution is 0.150. The number of rotatable bonds is 3. The average molecular weight is 309 g/mol. The molecule has 1 atom stereocenters. The number of hydrogen-bond donors (Lipinski definition) is 1. The molecule has 0 fully saturated rings. The molecule has 1 unspecified atom stereocenters. The first-order chi connectivity index (χ1) is 10.1. The van der Waals surface area contributed by atoms with Crippen LogP contribution in [-0.4, -0.2) is 5.11 Å². The molecular formula is C16H11ClF2O2. The van der Waals surface area contributed by atoms with Gasteiger partial charge in [-0.3, -0.25) is 0 Å². The molecule has 0 saturated carbocycles. The second kappa shape index (κ2) is 5.47. The summed E-state index contributed by atoms with van der Waals surface area (Å²) in [6, 6.07) is 12.5. The van der Waals surface area contributed by atoms with E-state index in [9.17, 15) is 13.9 Å². The maximum atomic E-state index is 12.7. The van der Waals surface area contributed by atoms with Crippen molar-refractivity contribution in [2.24, 2.45) is 0 Å². The van der Waals surface area contributed by atoms with Crippen LogP contribution in [0.25, 0.3) is 11.0 Å². The summed E-state index contributed by atoms with van der Waals surface area (Å²) >= 11 is 6.01. The van der Waals surface area contributed by atoms with E-state index in [4.69, 9.17) is 16.0 Å². The van der Waals surface area contributed by atoms with Crippen molar-refractivity contribution in [3.63, 3.8) is 0 Å². The van der Waals surface area contributed by atoms with Gasteiger partial charge in [0.15, 0.2) is 5.58 Å². The molecule has 0 spiro atoms. The van der Waals surface area contributed by atoms with E-state index in [0.29, 0.717) is 16.2 Å². The van der Waals surface area contributed by atoms with E-state index in [1.54, 1.807) is 30.3 Å². The van der Waals surface area contributed by atoms with Gasteiger partial charge in [0.1, 0.15) is 11.9 Å². The second-order valence-electron chi connectivity index (χ2n) is 4.68. The highest BCUT2D eigenvalue weighted by atomic mass is 35.5. The van der Waals surface area contributed by atoms with Gasteiger partial charge in [0.05, 0.1) is 5.02 Å². The number of fused-ring (bicyclic) bond motifs is 1. The lowest BCUT2D eigenvalue weighted by Gasteiger charge is -2.09. The number of aliphatic hydroxyl groups excluding tert-OH is 1. The topological polar surface area (TPSA) is 33.4 Å². The van der Waals surface area contributed by atoms with Crippen molar-refractivity contribution in [3.05, 3.63) is 70.4 Å². The molecule has 21 heavy (non-hydrogen) atoms. The highest BCUT2D eigenvalue weighted by Gasteiger charge is 2.18. The van der Waals surface area contributed by atoms with Crippen LogP contribution in [0.1, 0.15) is 29.4 Å². The minimum absolute atomic E-state index is 0.138. The van der Waals surface area contributed by atoms with Crippen molar-refractivity contribution in [2.45, 2.75) is 12.5 Å². The third-order valence-corrected chi connectivity index (χ3v) is 3.56. The number of hydrogen-bond acceptors (Lipinski definition) is 2. The minimum atomic E-state index is -2.58. The van der Waals surface area contributed by atoms with Crippen molar-refractivity contribution >= 4 is 22.6 Å². The maximum Gasteiger partial charge on any atom is 0.263 e. The molecule has 3 rings (SSSR count). The van der Waals surface area contributed by atoms with Crippen LogP contribution in [0.2, 0.25) is 5.02 Å². The van der Waals surface area contributed by atoms with Crippen molar-refractivity contribution in [1.82, 2.24) is 0 Å². The van der Waals surface area contributed by atoms with Gasteiger partial charge in [-0.05, 0) is 23.8 Å². The smallest absolute Gasteiger partial charge is 0.263 e. The number of furan rings is 1. The first-order valence-corrected chi connectivity index (χ1v) is 6.68. The lowest BCUT2D eigenvalue weighted by atomic mass is 10.0. The Morgan fingerprint density at radius 1 is 1.00 bits per heavy atom. The van der Waals surface area contributed by atoms with Gasteiger partial charge in [0.2, 0.25) is 0 Å². The minimum Gasteiger partial charge on any atom is -0.456 e. The van der Waals surface area contributed by atoms with Crippen LogP contribution < -0.4 is 0 Å². The van der Waals surface area contributed by atoms with E-state index in [2.05, 4.69) is 0 Å². The van der Waals surface area contributed by atoms with Crippen LogP contribution in [-0.2, 0) is 0 Å². The van der Waals surface area contributed by atoms with Gasteiger partial charge in [-0.15, -0.1) is 0 Å². The number of aliphatic hydroxyl groups is 1. The zero-order valence-electron chi connectivity index (χ0n) is 10.8. The maximum absolute atomic E-state index is 12.7. The molecule has 3 aromatic rings. The van der Waals surface area contributed by atoms with Gasteiger partial charge in [0.25, 0.3) is 6.43 Å². The predicted molar refractivity (Wildman–Crippen MR) is 76.7 cm³/mol. The molecule has 0 aliphatic heterocycles. The fourth-order valence-electron chi connectivity index (χ4n) is 2.21. The van der Waals surface area contributed by atoms with Crippen LogP contribution in [0.15, 0.2) is 52.9 Å². The highest BCUT2D eigenvalue weighted by molar-refractivity contribution is 6.34. The standard InChI is InChI=1S/C16H11ClF2O2/c17-12-6-2-4-10-8-13(21-15(10)12)14(20)9-3-1-5-11(7-9)16(18)19/h1-8,14,16,20H. The third kappa shape index (κ3) is 2.64. The summed E-state index contributed by atoms with van der Waals surface area (Å²) in [5.41, 5.74) is 0.682. The summed E-state index contributed by atoms with van der Waals surface area (Å²) in [6.45, 7) is 0. The summed E-state index contributed by atoms with van der Waals surface area (Å²) in [5.74, 6) is 0.268. The SMILES string of the molecule is OC(c1cccc(C(F)F)c1)c1cc2cccc(Cl)c2o1. The van der Waals surface area contributed by atoms with Gasteiger partial charge in [-0.2, -0.15) is 0 Å². The molecule has 1 heterocycles. The Bertz CT molecular complexity index is 783. The van der Waals surface area contributed by atoms with Crippen LogP contribution >= 0.6 is 11.6 Å². The quantitative estimate of drug-likeness (QED) is 0.729. The fourth-order valence-corrected chi connectivity index (χ4v) is 2.43. The summed E-state index contributed by atoms with van der Waals surface area (Å²) in [7, 11) is 0. The second-order valence-corrected chi connectivity index (χ2v) is 5.09. The van der Waals surface area contributed by atoms with Crippen molar-refractivity contribution in [3.8, 4) is 0 Å². The summed E-state index contributed by atoms with van der Waals surface area (Å²) in [4.78, 5) is 0. The Morgan fingerprint density at radius 3 is 2.43 bits per heavy atom. The van der Waals surface area contributed by atoms with E-state index in [-0.39, 0.29) is 11.3 Å². The van der Waals surface area contributed by atoms with E-state index < -0.39 is 12.5 Å². The molecule has 0 radical (unpaired) electrons. The van der Waals surface area contributed by atoms with Crippen LogP contribution in [0.4, 0.5) is 8.78 Å². The van der Waals surface area contributed by atoms with Crippen molar-refractivity contribution < 1.29 is 18.3 Å². The van der Waals surface area contributed by atoms with Gasteiger partial charge >= 0.3 is 0 Å². The molecule has 0 saturated heterocycles. The molecule has 1 N–H and O–H groups in total.